The molecule has 0 aromatic carbocycles. The third-order valence-electron chi connectivity index (χ3n) is 2.95. The number of hydrogen-bond acceptors (Lipinski definition) is 3. The van der Waals surface area contributed by atoms with Gasteiger partial charge in [-0.1, -0.05) is 12.5 Å². The standard InChI is InChI=1S/C11H16N2S/c1-14-11(6-4-7-11)9-13-10-5-2-3-8-12-10/h2-3,5,8H,4,6-7,9H2,1H3,(H,12,13). The molecule has 14 heavy (non-hydrogen) atoms. The van der Waals surface area contributed by atoms with Gasteiger partial charge in [0, 0.05) is 17.5 Å². The van der Waals surface area contributed by atoms with Crippen LogP contribution in [0.2, 0.25) is 0 Å². The van der Waals surface area contributed by atoms with Gasteiger partial charge in [-0.25, -0.2) is 4.98 Å². The molecular formula is C11H16N2S. The molecule has 1 aromatic heterocycles. The molecule has 0 radical (unpaired) electrons. The van der Waals surface area contributed by atoms with E-state index in [-0.39, 0.29) is 0 Å². The quantitative estimate of drug-likeness (QED) is 0.823. The predicted molar refractivity (Wildman–Crippen MR) is 62.8 cm³/mol. The van der Waals surface area contributed by atoms with E-state index in [1.165, 1.54) is 19.3 Å². The van der Waals surface area contributed by atoms with Gasteiger partial charge in [-0.15, -0.1) is 0 Å². The first-order valence-electron chi connectivity index (χ1n) is 5.05. The molecule has 1 aliphatic carbocycles. The van der Waals surface area contributed by atoms with Crippen LogP contribution in [0.1, 0.15) is 19.3 Å². The Labute approximate surface area is 89.5 Å². The molecular weight excluding hydrogens is 192 g/mol. The number of nitrogens with zero attached hydrogens (tertiary/aromatic N) is 1. The molecule has 76 valence electrons. The van der Waals surface area contributed by atoms with Gasteiger partial charge in [-0.05, 0) is 31.2 Å². The SMILES string of the molecule is CSC1(CNc2ccccn2)CCC1. The maximum Gasteiger partial charge on any atom is 0.125 e. The molecule has 0 spiro atoms. The van der Waals surface area contributed by atoms with Crippen molar-refractivity contribution in [3.8, 4) is 0 Å². The van der Waals surface area contributed by atoms with Crippen molar-refractivity contribution < 1.29 is 0 Å². The number of thioether (sulfide) groups is 1. The first-order valence-corrected chi connectivity index (χ1v) is 6.27. The first kappa shape index (κ1) is 9.84. The average molecular weight is 208 g/mol. The van der Waals surface area contributed by atoms with Crippen LogP contribution in [0.3, 0.4) is 0 Å². The third-order valence-corrected chi connectivity index (χ3v) is 4.37. The lowest BCUT2D eigenvalue weighted by molar-refractivity contribution is 0.379. The highest BCUT2D eigenvalue weighted by atomic mass is 32.2. The molecule has 0 atom stereocenters. The van der Waals surface area contributed by atoms with Crippen molar-refractivity contribution in [2.24, 2.45) is 0 Å². The lowest BCUT2D eigenvalue weighted by Crippen LogP contribution is -2.40. The highest BCUT2D eigenvalue weighted by molar-refractivity contribution is 8.00. The van der Waals surface area contributed by atoms with Gasteiger partial charge in [0.15, 0.2) is 0 Å². The minimum Gasteiger partial charge on any atom is -0.369 e. The minimum absolute atomic E-state index is 0.484. The molecule has 0 bridgehead atoms. The Balaban J connectivity index is 1.88. The molecule has 1 aromatic rings. The van der Waals surface area contributed by atoms with E-state index in [1.807, 2.05) is 36.2 Å². The van der Waals surface area contributed by atoms with Crippen LogP contribution in [0, 0.1) is 0 Å². The summed E-state index contributed by atoms with van der Waals surface area (Å²) >= 11 is 1.99. The molecule has 0 amide bonds. The van der Waals surface area contributed by atoms with Gasteiger partial charge in [0.05, 0.1) is 0 Å². The zero-order valence-electron chi connectivity index (χ0n) is 8.49. The second-order valence-corrected chi connectivity index (χ2v) is 5.08. The monoisotopic (exact) mass is 208 g/mol. The number of pyridine rings is 1. The summed E-state index contributed by atoms with van der Waals surface area (Å²) in [5, 5.41) is 3.41. The second kappa shape index (κ2) is 4.22. The Morgan fingerprint density at radius 2 is 2.36 bits per heavy atom. The lowest BCUT2D eigenvalue weighted by Gasteiger charge is -2.40. The molecule has 1 N–H and O–H groups in total. The van der Waals surface area contributed by atoms with Crippen LogP contribution >= 0.6 is 11.8 Å². The molecule has 0 unspecified atom stereocenters. The highest BCUT2D eigenvalue weighted by Gasteiger charge is 2.35. The Morgan fingerprint density at radius 3 is 2.86 bits per heavy atom. The van der Waals surface area contributed by atoms with Gasteiger partial charge in [-0.2, -0.15) is 11.8 Å². The Kier molecular flexibility index (Phi) is 2.96. The smallest absolute Gasteiger partial charge is 0.125 e. The fourth-order valence-electron chi connectivity index (χ4n) is 1.74. The summed E-state index contributed by atoms with van der Waals surface area (Å²) in [6.07, 6.45) is 8.10. The van der Waals surface area contributed by atoms with Crippen molar-refractivity contribution in [2.75, 3.05) is 18.1 Å². The molecule has 1 heterocycles. The predicted octanol–water partition coefficient (Wildman–Crippen LogP) is 2.78. The highest BCUT2D eigenvalue weighted by Crippen LogP contribution is 2.42. The van der Waals surface area contributed by atoms with Gasteiger partial charge >= 0.3 is 0 Å². The zero-order valence-corrected chi connectivity index (χ0v) is 9.31. The van der Waals surface area contributed by atoms with Crippen molar-refractivity contribution in [3.63, 3.8) is 0 Å². The van der Waals surface area contributed by atoms with Crippen LogP contribution in [0.4, 0.5) is 5.82 Å². The molecule has 0 aliphatic heterocycles. The minimum atomic E-state index is 0.484. The van der Waals surface area contributed by atoms with Gasteiger partial charge in [0.2, 0.25) is 0 Å². The van der Waals surface area contributed by atoms with Crippen molar-refractivity contribution in [1.82, 2.24) is 4.98 Å². The Hall–Kier alpha value is -0.700. The van der Waals surface area contributed by atoms with Gasteiger partial charge < -0.3 is 5.32 Å². The summed E-state index contributed by atoms with van der Waals surface area (Å²) in [5.41, 5.74) is 0. The lowest BCUT2D eigenvalue weighted by atomic mass is 9.84. The first-order chi connectivity index (χ1) is 6.85. The van der Waals surface area contributed by atoms with Gasteiger partial charge in [0.25, 0.3) is 0 Å². The number of hydrogen-bond donors (Lipinski definition) is 1. The molecule has 3 heteroatoms. The fourth-order valence-corrected chi connectivity index (χ4v) is 2.66. The van der Waals surface area contributed by atoms with Crippen molar-refractivity contribution >= 4 is 17.6 Å². The van der Waals surface area contributed by atoms with E-state index in [0.717, 1.165) is 12.4 Å². The van der Waals surface area contributed by atoms with Crippen molar-refractivity contribution in [3.05, 3.63) is 24.4 Å². The molecule has 1 saturated carbocycles. The summed E-state index contributed by atoms with van der Waals surface area (Å²) in [6.45, 7) is 1.05. The normalized spacial score (nSPS) is 18.6. The maximum atomic E-state index is 4.25. The topological polar surface area (TPSA) is 24.9 Å². The maximum absolute atomic E-state index is 4.25. The van der Waals surface area contributed by atoms with Crippen molar-refractivity contribution in [1.29, 1.82) is 0 Å². The second-order valence-electron chi connectivity index (χ2n) is 3.81. The summed E-state index contributed by atoms with van der Waals surface area (Å²) < 4.78 is 0.484. The molecule has 2 rings (SSSR count). The van der Waals surface area contributed by atoms with E-state index in [2.05, 4.69) is 16.6 Å². The zero-order chi connectivity index (χ0) is 9.86. The number of anilines is 1. The van der Waals surface area contributed by atoms with E-state index in [0.29, 0.717) is 4.75 Å². The fraction of sp³-hybridized carbons (Fsp3) is 0.545. The number of rotatable bonds is 4. The van der Waals surface area contributed by atoms with Crippen LogP contribution < -0.4 is 5.32 Å². The van der Waals surface area contributed by atoms with E-state index in [9.17, 15) is 0 Å². The average Bonchev–Trinajstić information content (AvgIpc) is 2.19. The Morgan fingerprint density at radius 1 is 1.50 bits per heavy atom. The number of nitrogens with one attached hydrogen (secondary N) is 1. The van der Waals surface area contributed by atoms with Crippen LogP contribution in [-0.2, 0) is 0 Å². The molecule has 1 aliphatic rings. The van der Waals surface area contributed by atoms with E-state index in [4.69, 9.17) is 0 Å². The van der Waals surface area contributed by atoms with E-state index >= 15 is 0 Å². The molecule has 0 saturated heterocycles. The number of aromatic nitrogens is 1. The molecule has 2 nitrogen and oxygen atoms in total. The van der Waals surface area contributed by atoms with Crippen LogP contribution in [0.5, 0.6) is 0 Å². The summed E-state index contributed by atoms with van der Waals surface area (Å²) in [5.74, 6) is 0.993. The summed E-state index contributed by atoms with van der Waals surface area (Å²) in [6, 6.07) is 5.98. The van der Waals surface area contributed by atoms with Gasteiger partial charge in [-0.3, -0.25) is 0 Å². The third kappa shape index (κ3) is 2.03. The Bertz CT molecular complexity index is 277. The molecule has 1 fully saturated rings. The van der Waals surface area contributed by atoms with E-state index in [1.54, 1.807) is 0 Å². The van der Waals surface area contributed by atoms with Crippen molar-refractivity contribution in [2.45, 2.75) is 24.0 Å². The summed E-state index contributed by atoms with van der Waals surface area (Å²) in [7, 11) is 0. The van der Waals surface area contributed by atoms with Gasteiger partial charge in [0.1, 0.15) is 5.82 Å². The van der Waals surface area contributed by atoms with Crippen LogP contribution in [-0.4, -0.2) is 22.5 Å². The largest absolute Gasteiger partial charge is 0.369 e. The summed E-state index contributed by atoms with van der Waals surface area (Å²) in [4.78, 5) is 4.25. The van der Waals surface area contributed by atoms with E-state index < -0.39 is 0 Å². The van der Waals surface area contributed by atoms with Crippen LogP contribution in [0.15, 0.2) is 24.4 Å². The van der Waals surface area contributed by atoms with Crippen LogP contribution in [0.25, 0.3) is 0 Å².